The average Bonchev–Trinajstić information content (AvgIpc) is 3.18. The number of likely N-dealkylation sites (tertiary alicyclic amines) is 1. The van der Waals surface area contributed by atoms with Gasteiger partial charge in [0.1, 0.15) is 5.75 Å². The highest BCUT2D eigenvalue weighted by molar-refractivity contribution is 5.84. The summed E-state index contributed by atoms with van der Waals surface area (Å²) in [6.07, 6.45) is 0. The zero-order valence-corrected chi connectivity index (χ0v) is 17.7. The van der Waals surface area contributed by atoms with Crippen molar-refractivity contribution in [3.8, 4) is 5.75 Å². The maximum absolute atomic E-state index is 13.4. The van der Waals surface area contributed by atoms with Crippen molar-refractivity contribution in [1.82, 2.24) is 9.80 Å². The second-order valence-electron chi connectivity index (χ2n) is 8.07. The van der Waals surface area contributed by atoms with Crippen molar-refractivity contribution in [2.45, 2.75) is 26.3 Å². The lowest BCUT2D eigenvalue weighted by molar-refractivity contribution is -0.136. The molecule has 3 rings (SSSR count). The van der Waals surface area contributed by atoms with Gasteiger partial charge in [-0.25, -0.2) is 0 Å². The zero-order chi connectivity index (χ0) is 21.0. The largest absolute Gasteiger partial charge is 0.497 e. The molecule has 2 aromatic carbocycles. The van der Waals surface area contributed by atoms with Crippen LogP contribution < -0.4 is 4.74 Å². The molecule has 1 aliphatic heterocycles. The van der Waals surface area contributed by atoms with Crippen LogP contribution in [-0.2, 0) is 16.1 Å². The second-order valence-corrected chi connectivity index (χ2v) is 8.07. The van der Waals surface area contributed by atoms with Crippen molar-refractivity contribution in [1.29, 1.82) is 0 Å². The molecule has 1 fully saturated rings. The molecular formula is C24H30N2O3. The summed E-state index contributed by atoms with van der Waals surface area (Å²) in [4.78, 5) is 29.6. The fourth-order valence-electron chi connectivity index (χ4n) is 4.03. The molecule has 0 aliphatic carbocycles. The van der Waals surface area contributed by atoms with E-state index >= 15 is 0 Å². The van der Waals surface area contributed by atoms with Crippen LogP contribution >= 0.6 is 0 Å². The number of rotatable bonds is 6. The Morgan fingerprint density at radius 2 is 1.83 bits per heavy atom. The number of carbonyl (C=O) groups is 2. The molecule has 1 aliphatic rings. The van der Waals surface area contributed by atoms with E-state index in [1.807, 2.05) is 80.4 Å². The first-order valence-corrected chi connectivity index (χ1v) is 10.1. The molecule has 5 nitrogen and oxygen atoms in total. The molecule has 0 spiro atoms. The van der Waals surface area contributed by atoms with E-state index in [-0.39, 0.29) is 29.6 Å². The topological polar surface area (TPSA) is 49.9 Å². The SMILES string of the molecule is COc1cccc([C@@H]2CN(C(=O)C(C)C)C[C@H]2C(=O)N(C)Cc2ccccc2)c1. The van der Waals surface area contributed by atoms with Crippen molar-refractivity contribution in [2.75, 3.05) is 27.2 Å². The maximum atomic E-state index is 13.4. The average molecular weight is 395 g/mol. The van der Waals surface area contributed by atoms with Gasteiger partial charge in [0.2, 0.25) is 11.8 Å². The van der Waals surface area contributed by atoms with Crippen LogP contribution in [0.25, 0.3) is 0 Å². The number of carbonyl (C=O) groups excluding carboxylic acids is 2. The van der Waals surface area contributed by atoms with Crippen LogP contribution in [0.15, 0.2) is 54.6 Å². The number of amides is 2. The minimum Gasteiger partial charge on any atom is -0.497 e. The van der Waals surface area contributed by atoms with Crippen molar-refractivity contribution >= 4 is 11.8 Å². The number of benzene rings is 2. The van der Waals surface area contributed by atoms with Crippen LogP contribution in [0, 0.1) is 11.8 Å². The lowest BCUT2D eigenvalue weighted by Crippen LogP contribution is -2.37. The van der Waals surface area contributed by atoms with Gasteiger partial charge in [-0.2, -0.15) is 0 Å². The van der Waals surface area contributed by atoms with E-state index in [1.165, 1.54) is 0 Å². The summed E-state index contributed by atoms with van der Waals surface area (Å²) >= 11 is 0. The second kappa shape index (κ2) is 9.12. The lowest BCUT2D eigenvalue weighted by atomic mass is 9.88. The van der Waals surface area contributed by atoms with E-state index in [1.54, 1.807) is 12.0 Å². The Morgan fingerprint density at radius 1 is 1.10 bits per heavy atom. The van der Waals surface area contributed by atoms with Gasteiger partial charge in [0.25, 0.3) is 0 Å². The molecule has 0 radical (unpaired) electrons. The van der Waals surface area contributed by atoms with Gasteiger partial charge < -0.3 is 14.5 Å². The van der Waals surface area contributed by atoms with E-state index in [4.69, 9.17) is 4.74 Å². The third-order valence-electron chi connectivity index (χ3n) is 5.60. The molecule has 1 heterocycles. The molecule has 1 saturated heterocycles. The highest BCUT2D eigenvalue weighted by atomic mass is 16.5. The molecule has 0 saturated carbocycles. The third kappa shape index (κ3) is 4.78. The van der Waals surface area contributed by atoms with Gasteiger partial charge in [-0.3, -0.25) is 9.59 Å². The smallest absolute Gasteiger partial charge is 0.228 e. The Kier molecular flexibility index (Phi) is 6.57. The summed E-state index contributed by atoms with van der Waals surface area (Å²) in [5.74, 6) is 0.536. The molecule has 5 heteroatoms. The minimum atomic E-state index is -0.265. The molecule has 0 aromatic heterocycles. The molecule has 2 amide bonds. The summed E-state index contributed by atoms with van der Waals surface area (Å²) in [6, 6.07) is 17.8. The molecule has 0 unspecified atom stereocenters. The van der Waals surface area contributed by atoms with Gasteiger partial charge in [0.15, 0.2) is 0 Å². The van der Waals surface area contributed by atoms with Crippen molar-refractivity contribution in [3.63, 3.8) is 0 Å². The Labute approximate surface area is 173 Å². The summed E-state index contributed by atoms with van der Waals surface area (Å²) in [6.45, 7) is 5.37. The van der Waals surface area contributed by atoms with Gasteiger partial charge in [-0.1, -0.05) is 56.3 Å². The van der Waals surface area contributed by atoms with Gasteiger partial charge >= 0.3 is 0 Å². The Balaban J connectivity index is 1.85. The minimum absolute atomic E-state index is 0.0430. The van der Waals surface area contributed by atoms with E-state index in [0.717, 1.165) is 16.9 Å². The third-order valence-corrected chi connectivity index (χ3v) is 5.60. The van der Waals surface area contributed by atoms with Crippen LogP contribution in [0.2, 0.25) is 0 Å². The highest BCUT2D eigenvalue weighted by Gasteiger charge is 2.41. The summed E-state index contributed by atoms with van der Waals surface area (Å²) < 4.78 is 5.37. The standard InChI is InChI=1S/C24H30N2O3/c1-17(2)23(27)26-15-21(19-11-8-12-20(13-19)29-4)22(16-26)24(28)25(3)14-18-9-6-5-7-10-18/h5-13,17,21-22H,14-16H2,1-4H3/t21-,22+/m0/s1. The van der Waals surface area contributed by atoms with Crippen LogP contribution in [-0.4, -0.2) is 48.9 Å². The number of nitrogens with zero attached hydrogens (tertiary/aromatic N) is 2. The maximum Gasteiger partial charge on any atom is 0.228 e. The molecule has 154 valence electrons. The molecular weight excluding hydrogens is 364 g/mol. The van der Waals surface area contributed by atoms with Gasteiger partial charge in [0.05, 0.1) is 13.0 Å². The van der Waals surface area contributed by atoms with E-state index < -0.39 is 0 Å². The van der Waals surface area contributed by atoms with E-state index in [2.05, 4.69) is 0 Å². The predicted molar refractivity (Wildman–Crippen MR) is 114 cm³/mol. The zero-order valence-electron chi connectivity index (χ0n) is 17.7. The van der Waals surface area contributed by atoms with Gasteiger partial charge in [-0.05, 0) is 23.3 Å². The van der Waals surface area contributed by atoms with Crippen molar-refractivity contribution < 1.29 is 14.3 Å². The normalized spacial score (nSPS) is 18.7. The fourth-order valence-corrected chi connectivity index (χ4v) is 4.03. The molecule has 0 bridgehead atoms. The Hall–Kier alpha value is -2.82. The number of methoxy groups -OCH3 is 1. The molecule has 2 aromatic rings. The Bertz CT molecular complexity index is 850. The predicted octanol–water partition coefficient (Wildman–Crippen LogP) is 3.55. The fraction of sp³-hybridized carbons (Fsp3) is 0.417. The molecule has 29 heavy (non-hydrogen) atoms. The van der Waals surface area contributed by atoms with E-state index in [0.29, 0.717) is 19.6 Å². The van der Waals surface area contributed by atoms with Crippen LogP contribution in [0.4, 0.5) is 0 Å². The lowest BCUT2D eigenvalue weighted by Gasteiger charge is -2.25. The quantitative estimate of drug-likeness (QED) is 0.753. The molecule has 0 N–H and O–H groups in total. The number of hydrogen-bond acceptors (Lipinski definition) is 3. The van der Waals surface area contributed by atoms with Crippen molar-refractivity contribution in [3.05, 3.63) is 65.7 Å². The summed E-state index contributed by atoms with van der Waals surface area (Å²) in [5, 5.41) is 0. The van der Waals surface area contributed by atoms with Crippen LogP contribution in [0.1, 0.15) is 30.9 Å². The monoisotopic (exact) mass is 394 g/mol. The first-order valence-electron chi connectivity index (χ1n) is 10.1. The Morgan fingerprint density at radius 3 is 2.48 bits per heavy atom. The summed E-state index contributed by atoms with van der Waals surface area (Å²) in [7, 11) is 3.48. The van der Waals surface area contributed by atoms with Crippen molar-refractivity contribution in [2.24, 2.45) is 11.8 Å². The number of ether oxygens (including phenoxy) is 1. The van der Waals surface area contributed by atoms with Crippen LogP contribution in [0.3, 0.4) is 0 Å². The van der Waals surface area contributed by atoms with Crippen LogP contribution in [0.5, 0.6) is 5.75 Å². The number of hydrogen-bond donors (Lipinski definition) is 0. The first kappa shape index (κ1) is 20.9. The summed E-state index contributed by atoms with van der Waals surface area (Å²) in [5.41, 5.74) is 2.13. The van der Waals surface area contributed by atoms with Gasteiger partial charge in [-0.15, -0.1) is 0 Å². The highest BCUT2D eigenvalue weighted by Crippen LogP contribution is 2.36. The van der Waals surface area contributed by atoms with Gasteiger partial charge in [0, 0.05) is 38.5 Å². The first-order chi connectivity index (χ1) is 13.9. The molecule has 2 atom stereocenters. The van der Waals surface area contributed by atoms with E-state index in [9.17, 15) is 9.59 Å².